The smallest absolute Gasteiger partial charge is 0.282 e. The van der Waals surface area contributed by atoms with Gasteiger partial charge in [-0.2, -0.15) is 0 Å². The molecule has 0 radical (unpaired) electrons. The summed E-state index contributed by atoms with van der Waals surface area (Å²) in [5, 5.41) is 11.0. The number of rotatable bonds is 3. The highest BCUT2D eigenvalue weighted by Gasteiger charge is 2.18. The third-order valence-electron chi connectivity index (χ3n) is 2.44. The van der Waals surface area contributed by atoms with Gasteiger partial charge < -0.3 is 0 Å². The summed E-state index contributed by atoms with van der Waals surface area (Å²) in [5.74, 6) is 1.07. The molecule has 0 aromatic carbocycles. The molecule has 0 saturated heterocycles. The summed E-state index contributed by atoms with van der Waals surface area (Å²) >= 11 is 0. The molecule has 2 heterocycles. The summed E-state index contributed by atoms with van der Waals surface area (Å²) in [6.45, 7) is 3.72. The van der Waals surface area contributed by atoms with Crippen molar-refractivity contribution in [3.8, 4) is 5.82 Å². The zero-order chi connectivity index (χ0) is 12.4. The summed E-state index contributed by atoms with van der Waals surface area (Å²) < 4.78 is 1.65. The van der Waals surface area contributed by atoms with Crippen LogP contribution in [0.25, 0.3) is 5.82 Å². The van der Waals surface area contributed by atoms with Crippen LogP contribution in [-0.2, 0) is 6.42 Å². The number of hydrogen-bond donors (Lipinski definition) is 0. The second kappa shape index (κ2) is 4.32. The van der Waals surface area contributed by atoms with Crippen molar-refractivity contribution in [1.82, 2.24) is 14.5 Å². The van der Waals surface area contributed by atoms with E-state index in [9.17, 15) is 10.1 Å². The molecule has 0 amide bonds. The standard InChI is InChI=1S/C11H12N4O2/c1-3-10-12-4-5-14(10)11-9(15(16)17)6-8(2)7-13-11/h4-7H,3H2,1-2H3. The van der Waals surface area contributed by atoms with Crippen LogP contribution in [0.2, 0.25) is 0 Å². The van der Waals surface area contributed by atoms with Crippen LogP contribution < -0.4 is 0 Å². The van der Waals surface area contributed by atoms with E-state index in [0.29, 0.717) is 12.2 Å². The Kier molecular flexibility index (Phi) is 2.86. The molecule has 2 aromatic rings. The Hall–Kier alpha value is -2.24. The zero-order valence-electron chi connectivity index (χ0n) is 9.62. The van der Waals surface area contributed by atoms with E-state index in [0.717, 1.165) is 11.4 Å². The van der Waals surface area contributed by atoms with E-state index < -0.39 is 4.92 Å². The van der Waals surface area contributed by atoms with E-state index in [4.69, 9.17) is 0 Å². The molecule has 0 fully saturated rings. The van der Waals surface area contributed by atoms with Gasteiger partial charge in [-0.3, -0.25) is 14.7 Å². The lowest BCUT2D eigenvalue weighted by molar-refractivity contribution is -0.384. The minimum Gasteiger partial charge on any atom is -0.282 e. The van der Waals surface area contributed by atoms with Crippen LogP contribution in [0.4, 0.5) is 5.69 Å². The molecular weight excluding hydrogens is 220 g/mol. The first kappa shape index (κ1) is 11.3. The van der Waals surface area contributed by atoms with Crippen molar-refractivity contribution in [3.63, 3.8) is 0 Å². The Morgan fingerprint density at radius 1 is 1.47 bits per heavy atom. The maximum atomic E-state index is 11.0. The quantitative estimate of drug-likeness (QED) is 0.599. The van der Waals surface area contributed by atoms with Gasteiger partial charge in [0.1, 0.15) is 5.82 Å². The molecule has 6 heteroatoms. The molecule has 88 valence electrons. The number of imidazole rings is 1. The molecule has 0 aliphatic carbocycles. The van der Waals surface area contributed by atoms with E-state index in [1.165, 1.54) is 6.07 Å². The average Bonchev–Trinajstić information content (AvgIpc) is 2.76. The predicted octanol–water partition coefficient (Wildman–Crippen LogP) is 2.05. The summed E-state index contributed by atoms with van der Waals surface area (Å²) in [5.41, 5.74) is 0.760. The van der Waals surface area contributed by atoms with Gasteiger partial charge in [0.25, 0.3) is 0 Å². The van der Waals surface area contributed by atoms with Crippen LogP contribution in [-0.4, -0.2) is 19.5 Å². The fraction of sp³-hybridized carbons (Fsp3) is 0.273. The molecule has 0 aliphatic heterocycles. The molecule has 0 unspecified atom stereocenters. The van der Waals surface area contributed by atoms with Gasteiger partial charge in [-0.05, 0) is 12.5 Å². The predicted molar refractivity (Wildman–Crippen MR) is 62.1 cm³/mol. The molecule has 0 N–H and O–H groups in total. The monoisotopic (exact) mass is 232 g/mol. The van der Waals surface area contributed by atoms with Gasteiger partial charge >= 0.3 is 5.69 Å². The van der Waals surface area contributed by atoms with Gasteiger partial charge in [-0.15, -0.1) is 0 Å². The number of nitro groups is 1. The van der Waals surface area contributed by atoms with Crippen LogP contribution >= 0.6 is 0 Å². The van der Waals surface area contributed by atoms with Gasteiger partial charge in [0.2, 0.25) is 5.82 Å². The Balaban J connectivity index is 2.63. The first-order valence-corrected chi connectivity index (χ1v) is 5.27. The first-order chi connectivity index (χ1) is 8.13. The van der Waals surface area contributed by atoms with E-state index >= 15 is 0 Å². The zero-order valence-corrected chi connectivity index (χ0v) is 9.62. The van der Waals surface area contributed by atoms with Crippen LogP contribution in [0.1, 0.15) is 18.3 Å². The lowest BCUT2D eigenvalue weighted by Gasteiger charge is -2.06. The highest BCUT2D eigenvalue weighted by atomic mass is 16.6. The number of hydrogen-bond acceptors (Lipinski definition) is 4. The Morgan fingerprint density at radius 2 is 2.24 bits per heavy atom. The third kappa shape index (κ3) is 2.01. The van der Waals surface area contributed by atoms with Crippen molar-refractivity contribution >= 4 is 5.69 Å². The number of aromatic nitrogens is 3. The van der Waals surface area contributed by atoms with Crippen molar-refractivity contribution in [2.24, 2.45) is 0 Å². The van der Waals surface area contributed by atoms with Crippen LogP contribution in [0.15, 0.2) is 24.7 Å². The average molecular weight is 232 g/mol. The lowest BCUT2D eigenvalue weighted by atomic mass is 10.3. The fourth-order valence-electron chi connectivity index (χ4n) is 1.66. The number of pyridine rings is 1. The normalized spacial score (nSPS) is 10.5. The summed E-state index contributed by atoms with van der Waals surface area (Å²) in [6, 6.07) is 1.52. The van der Waals surface area contributed by atoms with Crippen LogP contribution in [0, 0.1) is 17.0 Å². The highest BCUT2D eigenvalue weighted by Crippen LogP contribution is 2.22. The van der Waals surface area contributed by atoms with Crippen molar-refractivity contribution in [2.45, 2.75) is 20.3 Å². The maximum absolute atomic E-state index is 11.0. The van der Waals surface area contributed by atoms with Crippen LogP contribution in [0.3, 0.4) is 0 Å². The van der Waals surface area contributed by atoms with E-state index in [2.05, 4.69) is 9.97 Å². The molecule has 0 atom stereocenters. The first-order valence-electron chi connectivity index (χ1n) is 5.27. The van der Waals surface area contributed by atoms with Gasteiger partial charge in [0.05, 0.1) is 4.92 Å². The SMILES string of the molecule is CCc1nccn1-c1ncc(C)cc1[N+](=O)[O-]. The largest absolute Gasteiger partial charge is 0.312 e. The molecule has 0 aliphatic rings. The lowest BCUT2D eigenvalue weighted by Crippen LogP contribution is -2.05. The summed E-state index contributed by atoms with van der Waals surface area (Å²) in [4.78, 5) is 18.8. The van der Waals surface area contributed by atoms with Crippen molar-refractivity contribution < 1.29 is 4.92 Å². The number of nitrogens with zero attached hydrogens (tertiary/aromatic N) is 4. The number of aryl methyl sites for hydroxylation is 2. The molecule has 17 heavy (non-hydrogen) atoms. The van der Waals surface area contributed by atoms with E-state index in [1.54, 1.807) is 30.1 Å². The summed E-state index contributed by atoms with van der Waals surface area (Å²) in [7, 11) is 0. The molecule has 0 spiro atoms. The van der Waals surface area contributed by atoms with Crippen molar-refractivity contribution in [3.05, 3.63) is 46.2 Å². The van der Waals surface area contributed by atoms with Gasteiger partial charge in [0, 0.05) is 31.1 Å². The molecule has 0 saturated carbocycles. The van der Waals surface area contributed by atoms with Crippen molar-refractivity contribution in [1.29, 1.82) is 0 Å². The van der Waals surface area contributed by atoms with Crippen molar-refractivity contribution in [2.75, 3.05) is 0 Å². The third-order valence-corrected chi connectivity index (χ3v) is 2.44. The van der Waals surface area contributed by atoms with E-state index in [-0.39, 0.29) is 5.69 Å². The molecule has 2 rings (SSSR count). The maximum Gasteiger partial charge on any atom is 0.312 e. The highest BCUT2D eigenvalue weighted by molar-refractivity contribution is 5.48. The van der Waals surface area contributed by atoms with Crippen LogP contribution in [0.5, 0.6) is 0 Å². The van der Waals surface area contributed by atoms with E-state index in [1.807, 2.05) is 6.92 Å². The van der Waals surface area contributed by atoms with Gasteiger partial charge in [0.15, 0.2) is 0 Å². The fourth-order valence-corrected chi connectivity index (χ4v) is 1.66. The summed E-state index contributed by atoms with van der Waals surface area (Å²) in [6.07, 6.45) is 5.61. The Morgan fingerprint density at radius 3 is 2.88 bits per heavy atom. The Labute approximate surface area is 98.1 Å². The minimum absolute atomic E-state index is 0.00213. The molecule has 6 nitrogen and oxygen atoms in total. The second-order valence-corrected chi connectivity index (χ2v) is 3.68. The van der Waals surface area contributed by atoms with Gasteiger partial charge in [-0.25, -0.2) is 9.97 Å². The molecule has 2 aromatic heterocycles. The second-order valence-electron chi connectivity index (χ2n) is 3.68. The minimum atomic E-state index is -0.422. The topological polar surface area (TPSA) is 73.8 Å². The van der Waals surface area contributed by atoms with Gasteiger partial charge in [-0.1, -0.05) is 6.92 Å². The molecular formula is C11H12N4O2. The molecule has 0 bridgehead atoms. The Bertz CT molecular complexity index is 562.